The molecule has 83 heavy (non-hydrogen) atoms. The number of carbonyl (C=O) groups excluding carboxylic acids is 13. The Morgan fingerprint density at radius 2 is 1.27 bits per heavy atom. The molecule has 0 aliphatic carbocycles. The smallest absolute Gasteiger partial charge is 0.330 e. The molecule has 27 nitrogen and oxygen atoms in total. The molecule has 29 heteroatoms. The summed E-state index contributed by atoms with van der Waals surface area (Å²) in [5.74, 6) is 0.986. The van der Waals surface area contributed by atoms with E-state index in [-0.39, 0.29) is 89.6 Å². The van der Waals surface area contributed by atoms with Gasteiger partial charge in [0.2, 0.25) is 23.6 Å². The molecule has 2 fully saturated rings. The Balaban J connectivity index is -0.000000128. The fourth-order valence-corrected chi connectivity index (χ4v) is 5.70. The van der Waals surface area contributed by atoms with Crippen molar-refractivity contribution in [3.63, 3.8) is 0 Å². The number of hydroxylamine groups is 2. The number of aldehydes is 1. The molecule has 6 N–H and O–H groups in total. The number of aromatic nitrogens is 3. The molecule has 0 aromatic carbocycles. The summed E-state index contributed by atoms with van der Waals surface area (Å²) in [6, 6.07) is 0. The number of azide groups is 1. The molecule has 3 aliphatic heterocycles. The summed E-state index contributed by atoms with van der Waals surface area (Å²) >= 11 is 4.97. The average Bonchev–Trinajstić information content (AvgIpc) is 4.31. The van der Waals surface area contributed by atoms with E-state index >= 15 is 0 Å². The van der Waals surface area contributed by atoms with Gasteiger partial charge < -0.3 is 31.7 Å². The number of ketones is 3. The standard InChI is InChI=1S/C9H14N2O3S.C8H13N3O.C6H7NO4.C6H7NO2.C5H12.C4H7N3O.C4H8OS.C4H6.C3H7NO.C3H6O.2CH5N/c1-3-11-8(13)4-6(9(11)14)15-5-7(12)10-2;1-3-7-5-11(10-9-7)6-8(12)4-2;1-4(8)11-7-5(9)2-3-6(7)10;1-2-7-5(8)3-4-6(7)9;1-3-5-4-2;1-2-4(8)3-6-7-5;1-2-4(5)3-6;1-3-4-2;1-3(5)4-2;1-2-3-4;2*1-2/h6H,3-5H2,1-2H3,(H,10,12);5H,3-4,6H2,1-2H3;2-3H2,1H3;3-4H,2H2,1H3;3-5H2,1-2H3;2-3H2,1H3;6H,2-3H2,1H3;1H,4H2,2H3;1-2H3,(H,4,5);3H,2H2,1H3;2*2H2,1H3. The minimum Gasteiger partial charge on any atom is -0.359 e. The predicted octanol–water partition coefficient (Wildman–Crippen LogP) is 4.87. The van der Waals surface area contributed by atoms with Crippen LogP contribution in [0.2, 0.25) is 0 Å². The maximum Gasteiger partial charge on any atom is 0.330 e. The molecule has 4 heterocycles. The van der Waals surface area contributed by atoms with Crippen LogP contribution in [0, 0.1) is 12.3 Å². The lowest BCUT2D eigenvalue weighted by Crippen LogP contribution is -2.31. The molecular formula is C54H97N13O14S2. The number of aryl methyl sites for hydroxylation is 1. The van der Waals surface area contributed by atoms with Crippen LogP contribution >= 0.6 is 24.4 Å². The fraction of sp³-hybridized carbons (Fsp3) is 0.648. The molecule has 3 aliphatic rings. The van der Waals surface area contributed by atoms with Crippen LogP contribution in [0.25, 0.3) is 10.4 Å². The Kier molecular flexibility index (Phi) is 75.0. The van der Waals surface area contributed by atoms with E-state index in [0.29, 0.717) is 56.1 Å². The number of nitrogens with two attached hydrogens (primary N) is 2. The SMILES string of the molecule is C#CCC.CC(=O)ON1C(=O)CCC1=O.CCC(=O)CN=[N+]=[N-].CCC(=O)CS.CCC(=O)Cn1cc(CC)nn1.CCC=O.CCCCC.CCN1C(=O)C=CC1=O.CCN1C(=O)CC(SCC(=O)NC)C1=O.CN.CN.CNC(C)=O. The summed E-state index contributed by atoms with van der Waals surface area (Å²) < 4.78 is 1.59. The minimum atomic E-state index is -0.659. The van der Waals surface area contributed by atoms with Crippen molar-refractivity contribution < 1.29 is 67.2 Å². The van der Waals surface area contributed by atoms with E-state index in [1.165, 1.54) is 74.0 Å². The first-order valence-corrected chi connectivity index (χ1v) is 28.5. The summed E-state index contributed by atoms with van der Waals surface area (Å²) in [5.41, 5.74) is 17.6. The van der Waals surface area contributed by atoms with Crippen LogP contribution in [0.15, 0.2) is 23.5 Å². The van der Waals surface area contributed by atoms with Gasteiger partial charge >= 0.3 is 5.97 Å². The van der Waals surface area contributed by atoms with Gasteiger partial charge in [0.25, 0.3) is 23.6 Å². The minimum absolute atomic E-state index is 0.00463. The van der Waals surface area contributed by atoms with Crippen LogP contribution in [-0.4, -0.2) is 171 Å². The molecule has 0 saturated carbocycles. The first-order chi connectivity index (χ1) is 39.3. The van der Waals surface area contributed by atoms with Gasteiger partial charge in [-0.2, -0.15) is 12.6 Å². The van der Waals surface area contributed by atoms with Crippen LogP contribution in [0.4, 0.5) is 0 Å². The quantitative estimate of drug-likeness (QED) is 0.0249. The summed E-state index contributed by atoms with van der Waals surface area (Å²) in [6.07, 6.45) is 18.6. The van der Waals surface area contributed by atoms with Crippen molar-refractivity contribution in [3.8, 4) is 12.3 Å². The first kappa shape index (κ1) is 92.3. The van der Waals surface area contributed by atoms with Crippen LogP contribution in [0.1, 0.15) is 159 Å². The number of likely N-dealkylation sites (tertiary alicyclic amines) is 1. The number of rotatable bonds is 18. The summed E-state index contributed by atoms with van der Waals surface area (Å²) in [5, 5.41) is 15.8. The molecule has 0 spiro atoms. The summed E-state index contributed by atoms with van der Waals surface area (Å²) in [7, 11) is 6.14. The Morgan fingerprint density at radius 3 is 1.53 bits per heavy atom. The number of likely N-dealkylation sites (N-methyl/N-ethyl adjacent to an activating group) is 1. The Labute approximate surface area is 501 Å². The van der Waals surface area contributed by atoms with Gasteiger partial charge in [0.15, 0.2) is 5.78 Å². The number of thiol groups is 1. The maximum absolute atomic E-state index is 11.6. The van der Waals surface area contributed by atoms with Gasteiger partial charge in [-0.15, -0.1) is 34.3 Å². The lowest BCUT2D eigenvalue weighted by molar-refractivity contribution is -0.195. The predicted molar refractivity (Wildman–Crippen MR) is 326 cm³/mol. The number of thioether (sulfide) groups is 1. The number of hydrogen-bond acceptors (Lipinski definition) is 21. The van der Waals surface area contributed by atoms with E-state index in [4.69, 9.17) is 12.0 Å². The molecule has 0 bridgehead atoms. The molecule has 1 aromatic heterocycles. The van der Waals surface area contributed by atoms with Crippen molar-refractivity contribution in [2.45, 2.75) is 172 Å². The van der Waals surface area contributed by atoms with Gasteiger partial charge in [-0.1, -0.05) is 85.0 Å². The topological polar surface area (TPSA) is 396 Å². The zero-order chi connectivity index (χ0) is 66.3. The lowest BCUT2D eigenvalue weighted by Gasteiger charge is -2.11. The van der Waals surface area contributed by atoms with Crippen molar-refractivity contribution in [2.24, 2.45) is 16.6 Å². The van der Waals surface area contributed by atoms with E-state index in [9.17, 15) is 62.3 Å². The van der Waals surface area contributed by atoms with Crippen LogP contribution in [0.3, 0.4) is 0 Å². The number of unbranched alkanes of at least 4 members (excludes halogenated alkanes) is 2. The Bertz CT molecular complexity index is 2100. The van der Waals surface area contributed by atoms with E-state index in [1.807, 2.05) is 40.8 Å². The summed E-state index contributed by atoms with van der Waals surface area (Å²) in [6.45, 7) is 23.0. The monoisotopic (exact) mass is 1220 g/mol. The van der Waals surface area contributed by atoms with Crippen molar-refractivity contribution in [2.75, 3.05) is 59.3 Å². The third kappa shape index (κ3) is 57.9. The van der Waals surface area contributed by atoms with E-state index in [0.717, 1.165) is 31.7 Å². The number of Topliss-reactive ketones (excluding diaryl/α,β-unsaturated/α-hetero) is 3. The molecule has 8 amide bonds. The highest BCUT2D eigenvalue weighted by Gasteiger charge is 2.38. The molecular weight excluding hydrogens is 1120 g/mol. The van der Waals surface area contributed by atoms with E-state index in [1.54, 1.807) is 39.5 Å². The maximum atomic E-state index is 11.6. The number of nitrogens with one attached hydrogen (secondary N) is 2. The van der Waals surface area contributed by atoms with Gasteiger partial charge in [-0.05, 0) is 39.9 Å². The lowest BCUT2D eigenvalue weighted by atomic mass is 10.3. The molecule has 1 unspecified atom stereocenters. The van der Waals surface area contributed by atoms with Crippen LogP contribution in [-0.2, 0) is 80.1 Å². The average molecular weight is 1220 g/mol. The van der Waals surface area contributed by atoms with Crippen LogP contribution in [0.5, 0.6) is 0 Å². The van der Waals surface area contributed by atoms with Crippen molar-refractivity contribution >= 4 is 101 Å². The Morgan fingerprint density at radius 1 is 0.807 bits per heavy atom. The zero-order valence-electron chi connectivity index (χ0n) is 51.9. The number of nitrogens with zero attached hydrogens (tertiary/aromatic N) is 9. The molecule has 1 aromatic rings. The van der Waals surface area contributed by atoms with Gasteiger partial charge in [0.1, 0.15) is 24.4 Å². The molecule has 4 rings (SSSR count). The van der Waals surface area contributed by atoms with E-state index in [2.05, 4.69) is 79.7 Å². The zero-order valence-corrected chi connectivity index (χ0v) is 53.7. The number of hydrogen-bond donors (Lipinski definition) is 5. The van der Waals surface area contributed by atoms with Crippen molar-refractivity contribution in [1.82, 2.24) is 40.5 Å². The van der Waals surface area contributed by atoms with Crippen LogP contribution < -0.4 is 22.1 Å². The third-order valence-corrected chi connectivity index (χ3v) is 10.6. The van der Waals surface area contributed by atoms with Crippen molar-refractivity contribution in [3.05, 3.63) is 34.5 Å². The number of carbonyl (C=O) groups is 13. The highest BCUT2D eigenvalue weighted by atomic mass is 32.2. The van der Waals surface area contributed by atoms with Gasteiger partial charge in [0, 0.05) is 121 Å². The number of imide groups is 3. The van der Waals surface area contributed by atoms with Gasteiger partial charge in [0.05, 0.1) is 23.2 Å². The second-order valence-electron chi connectivity index (χ2n) is 15.3. The van der Waals surface area contributed by atoms with Crippen molar-refractivity contribution in [1.29, 1.82) is 0 Å². The van der Waals surface area contributed by atoms with E-state index < -0.39 is 17.8 Å². The Hall–Kier alpha value is -7.12. The van der Waals surface area contributed by atoms with Gasteiger partial charge in [-0.3, -0.25) is 62.5 Å². The molecule has 474 valence electrons. The summed E-state index contributed by atoms with van der Waals surface area (Å²) in [4.78, 5) is 146. The fourth-order valence-electron chi connectivity index (χ4n) is 4.45. The number of amides is 8. The highest BCUT2D eigenvalue weighted by Crippen LogP contribution is 2.24. The molecule has 0 radical (unpaired) electrons. The first-order valence-electron chi connectivity index (χ1n) is 26.9. The number of terminal acetylenes is 1. The highest BCUT2D eigenvalue weighted by molar-refractivity contribution is 8.01. The second kappa shape index (κ2) is 67.4. The largest absolute Gasteiger partial charge is 0.359 e. The molecule has 2 saturated heterocycles. The van der Waals surface area contributed by atoms with Gasteiger partial charge in [-0.25, -0.2) is 9.48 Å². The second-order valence-corrected chi connectivity index (χ2v) is 16.9. The third-order valence-electron chi connectivity index (χ3n) is 9.04. The molecule has 1 atom stereocenters. The normalized spacial score (nSPS) is 12.4.